The number of fused-ring (bicyclic) bond motifs is 1. The normalized spacial score (nSPS) is 31.5. The van der Waals surface area contributed by atoms with Crippen molar-refractivity contribution in [3.8, 4) is 0 Å². The van der Waals surface area contributed by atoms with Gasteiger partial charge in [-0.05, 0) is 31.9 Å². The molecular weight excluding hydrogens is 236 g/mol. The molecule has 1 fully saturated rings. The Labute approximate surface area is 107 Å². The van der Waals surface area contributed by atoms with E-state index in [2.05, 4.69) is 18.5 Å². The lowest BCUT2D eigenvalue weighted by Crippen LogP contribution is -2.38. The molecule has 2 aliphatic rings. The molecule has 0 saturated heterocycles. The summed E-state index contributed by atoms with van der Waals surface area (Å²) < 4.78 is 0. The van der Waals surface area contributed by atoms with Crippen molar-refractivity contribution in [1.82, 2.24) is 5.32 Å². The predicted octanol–water partition coefficient (Wildman–Crippen LogP) is 2.99. The smallest absolute Gasteiger partial charge is 0.157 e. The molecule has 1 N–H and O–H groups in total. The Kier molecular flexibility index (Phi) is 4.89. The molecule has 0 amide bonds. The second kappa shape index (κ2) is 6.20. The van der Waals surface area contributed by atoms with Gasteiger partial charge in [0.15, 0.2) is 5.17 Å². The lowest BCUT2D eigenvalue weighted by atomic mass is 9.86. The van der Waals surface area contributed by atoms with Gasteiger partial charge in [0.2, 0.25) is 0 Å². The molecule has 4 heteroatoms. The number of nitrogens with zero attached hydrogens (tertiary/aromatic N) is 1. The molecule has 92 valence electrons. The van der Waals surface area contributed by atoms with Gasteiger partial charge in [-0.25, -0.2) is 0 Å². The van der Waals surface area contributed by atoms with Crippen LogP contribution in [0.5, 0.6) is 0 Å². The molecule has 0 aromatic rings. The highest BCUT2D eigenvalue weighted by Crippen LogP contribution is 2.33. The van der Waals surface area contributed by atoms with Crippen LogP contribution in [0, 0.1) is 5.92 Å². The molecule has 1 heterocycles. The first-order chi connectivity index (χ1) is 7.79. The molecular formula is C12H22N2S2. The minimum Gasteiger partial charge on any atom is -0.362 e. The van der Waals surface area contributed by atoms with Crippen LogP contribution in [0.1, 0.15) is 32.6 Å². The quantitative estimate of drug-likeness (QED) is 0.842. The maximum Gasteiger partial charge on any atom is 0.157 e. The summed E-state index contributed by atoms with van der Waals surface area (Å²) in [6.07, 6.45) is 7.67. The Balaban J connectivity index is 1.88. The standard InChI is InChI=1S/C12H22N2S2/c1-9(7-15-2)13-12-14-11-6-4-3-5-10(11)8-16-12/h9-11H,3-8H2,1-2H3,(H,13,14). The number of amidine groups is 1. The first-order valence-electron chi connectivity index (χ1n) is 6.25. The van der Waals surface area contributed by atoms with E-state index in [0.717, 1.165) is 11.7 Å². The second-order valence-corrected chi connectivity index (χ2v) is 6.78. The molecule has 3 atom stereocenters. The largest absolute Gasteiger partial charge is 0.362 e. The Morgan fingerprint density at radius 3 is 3.12 bits per heavy atom. The third-order valence-electron chi connectivity index (χ3n) is 3.37. The van der Waals surface area contributed by atoms with E-state index in [1.54, 1.807) is 0 Å². The van der Waals surface area contributed by atoms with Gasteiger partial charge in [0, 0.05) is 17.5 Å². The van der Waals surface area contributed by atoms with Crippen LogP contribution in [0.15, 0.2) is 4.99 Å². The summed E-state index contributed by atoms with van der Waals surface area (Å²) in [6.45, 7) is 2.24. The fourth-order valence-corrected chi connectivity index (χ4v) is 4.35. The van der Waals surface area contributed by atoms with Gasteiger partial charge in [-0.1, -0.05) is 24.6 Å². The number of hydrogen-bond acceptors (Lipinski definition) is 4. The van der Waals surface area contributed by atoms with Crippen LogP contribution >= 0.6 is 23.5 Å². The van der Waals surface area contributed by atoms with Crippen LogP contribution in [0.4, 0.5) is 0 Å². The van der Waals surface area contributed by atoms with Gasteiger partial charge in [-0.15, -0.1) is 0 Å². The van der Waals surface area contributed by atoms with Crippen molar-refractivity contribution >= 4 is 28.7 Å². The molecule has 0 aromatic heterocycles. The molecule has 0 bridgehead atoms. The van der Waals surface area contributed by atoms with Crippen LogP contribution < -0.4 is 5.32 Å². The lowest BCUT2D eigenvalue weighted by molar-refractivity contribution is 0.335. The fourth-order valence-electron chi connectivity index (χ4n) is 2.51. The number of hydrogen-bond donors (Lipinski definition) is 1. The molecule has 3 unspecified atom stereocenters. The molecule has 1 saturated carbocycles. The third-order valence-corrected chi connectivity index (χ3v) is 5.30. The van der Waals surface area contributed by atoms with E-state index in [0.29, 0.717) is 12.1 Å². The number of rotatable bonds is 3. The van der Waals surface area contributed by atoms with Crippen molar-refractivity contribution in [2.75, 3.05) is 17.8 Å². The van der Waals surface area contributed by atoms with Crippen LogP contribution in [0.3, 0.4) is 0 Å². The summed E-state index contributed by atoms with van der Waals surface area (Å²) in [6, 6.07) is 1.17. The Morgan fingerprint density at radius 1 is 1.50 bits per heavy atom. The molecule has 1 aliphatic carbocycles. The zero-order chi connectivity index (χ0) is 11.4. The summed E-state index contributed by atoms with van der Waals surface area (Å²) in [7, 11) is 0. The molecule has 0 spiro atoms. The zero-order valence-corrected chi connectivity index (χ0v) is 11.9. The Hall–Kier alpha value is 0.170. The van der Waals surface area contributed by atoms with Gasteiger partial charge in [0.05, 0.1) is 6.04 Å². The molecule has 1 aliphatic heterocycles. The maximum absolute atomic E-state index is 4.89. The summed E-state index contributed by atoms with van der Waals surface area (Å²) >= 11 is 3.83. The van der Waals surface area contributed by atoms with Crippen molar-refractivity contribution in [3.63, 3.8) is 0 Å². The highest BCUT2D eigenvalue weighted by atomic mass is 32.2. The van der Waals surface area contributed by atoms with E-state index in [4.69, 9.17) is 4.99 Å². The number of thioether (sulfide) groups is 2. The van der Waals surface area contributed by atoms with Crippen LogP contribution in [0.2, 0.25) is 0 Å². The van der Waals surface area contributed by atoms with E-state index in [1.165, 1.54) is 36.6 Å². The second-order valence-electron chi connectivity index (χ2n) is 4.86. The summed E-state index contributed by atoms with van der Waals surface area (Å²) in [5.74, 6) is 3.30. The Bertz CT molecular complexity index is 255. The van der Waals surface area contributed by atoms with Gasteiger partial charge >= 0.3 is 0 Å². The first-order valence-corrected chi connectivity index (χ1v) is 8.63. The first kappa shape index (κ1) is 12.6. The van der Waals surface area contributed by atoms with Crippen molar-refractivity contribution in [3.05, 3.63) is 0 Å². The van der Waals surface area contributed by atoms with E-state index in [1.807, 2.05) is 23.5 Å². The van der Waals surface area contributed by atoms with Crippen LogP contribution in [-0.4, -0.2) is 35.0 Å². The molecule has 2 rings (SSSR count). The van der Waals surface area contributed by atoms with Gasteiger partial charge < -0.3 is 5.32 Å². The van der Waals surface area contributed by atoms with E-state index in [-0.39, 0.29) is 0 Å². The molecule has 0 radical (unpaired) electrons. The van der Waals surface area contributed by atoms with Crippen LogP contribution in [-0.2, 0) is 0 Å². The monoisotopic (exact) mass is 258 g/mol. The minimum atomic E-state index is 0.543. The predicted molar refractivity (Wildman–Crippen MR) is 76.6 cm³/mol. The van der Waals surface area contributed by atoms with Crippen molar-refractivity contribution in [1.29, 1.82) is 0 Å². The van der Waals surface area contributed by atoms with Gasteiger partial charge in [-0.3, -0.25) is 4.99 Å². The molecule has 2 nitrogen and oxygen atoms in total. The lowest BCUT2D eigenvalue weighted by Gasteiger charge is -2.33. The average Bonchev–Trinajstić information content (AvgIpc) is 2.29. The van der Waals surface area contributed by atoms with E-state index in [9.17, 15) is 0 Å². The zero-order valence-electron chi connectivity index (χ0n) is 10.2. The Morgan fingerprint density at radius 2 is 2.31 bits per heavy atom. The average molecular weight is 258 g/mol. The third kappa shape index (κ3) is 3.33. The fraction of sp³-hybridized carbons (Fsp3) is 0.917. The highest BCUT2D eigenvalue weighted by molar-refractivity contribution is 8.13. The van der Waals surface area contributed by atoms with Crippen molar-refractivity contribution < 1.29 is 0 Å². The minimum absolute atomic E-state index is 0.543. The van der Waals surface area contributed by atoms with Crippen molar-refractivity contribution in [2.24, 2.45) is 10.9 Å². The van der Waals surface area contributed by atoms with Gasteiger partial charge in [0.1, 0.15) is 0 Å². The highest BCUT2D eigenvalue weighted by Gasteiger charge is 2.29. The number of nitrogens with one attached hydrogen (secondary N) is 1. The molecule has 16 heavy (non-hydrogen) atoms. The maximum atomic E-state index is 4.89. The van der Waals surface area contributed by atoms with Gasteiger partial charge in [0.25, 0.3) is 0 Å². The molecule has 0 aromatic carbocycles. The van der Waals surface area contributed by atoms with E-state index >= 15 is 0 Å². The van der Waals surface area contributed by atoms with E-state index < -0.39 is 0 Å². The summed E-state index contributed by atoms with van der Waals surface area (Å²) in [5, 5.41) is 4.74. The summed E-state index contributed by atoms with van der Waals surface area (Å²) in [4.78, 5) is 4.89. The van der Waals surface area contributed by atoms with Crippen molar-refractivity contribution in [2.45, 2.75) is 44.7 Å². The van der Waals surface area contributed by atoms with Gasteiger partial charge in [-0.2, -0.15) is 11.8 Å². The topological polar surface area (TPSA) is 24.4 Å². The summed E-state index contributed by atoms with van der Waals surface area (Å²) in [5.41, 5.74) is 0. The SMILES string of the molecule is CSCC(C)NC1=NC2CCCCC2CS1. The van der Waals surface area contributed by atoms with Crippen LogP contribution in [0.25, 0.3) is 0 Å². The number of aliphatic imine (C=N–C) groups is 1.